The number of amides is 3. The number of aryl methyl sites for hydroxylation is 1. The first-order chi connectivity index (χ1) is 17.4. The number of thiazole rings is 1. The summed E-state index contributed by atoms with van der Waals surface area (Å²) in [6.07, 6.45) is 1.84. The number of carbonyl (C=O) groups excluding carboxylic acids is 3. The minimum absolute atomic E-state index is 0.118. The molecule has 5 rings (SSSR count). The Morgan fingerprint density at radius 2 is 1.86 bits per heavy atom. The van der Waals surface area contributed by atoms with Crippen LogP contribution in [-0.4, -0.2) is 64.7 Å². The first-order valence-electron chi connectivity index (χ1n) is 12.8. The predicted octanol–water partition coefficient (Wildman–Crippen LogP) is 4.48. The number of imide groups is 1. The molecule has 8 heteroatoms. The largest absolute Gasteiger partial charge is 0.343 e. The number of anilines is 1. The molecule has 0 N–H and O–H groups in total. The zero-order valence-electron chi connectivity index (χ0n) is 21.1. The Labute approximate surface area is 215 Å². The summed E-state index contributed by atoms with van der Waals surface area (Å²) < 4.78 is 1.14. The summed E-state index contributed by atoms with van der Waals surface area (Å²) in [5.74, 6) is -0.351. The van der Waals surface area contributed by atoms with E-state index in [2.05, 4.69) is 19.1 Å². The summed E-state index contributed by atoms with van der Waals surface area (Å²) in [6, 6.07) is 13.2. The van der Waals surface area contributed by atoms with Gasteiger partial charge < -0.3 is 4.90 Å². The van der Waals surface area contributed by atoms with E-state index in [0.717, 1.165) is 40.2 Å². The molecule has 2 fully saturated rings. The van der Waals surface area contributed by atoms with Gasteiger partial charge in [0.25, 0.3) is 5.91 Å². The summed E-state index contributed by atoms with van der Waals surface area (Å²) in [5, 5.41) is 0.913. The number of rotatable bonds is 6. The van der Waals surface area contributed by atoms with Crippen molar-refractivity contribution in [3.63, 3.8) is 0 Å². The van der Waals surface area contributed by atoms with Crippen molar-refractivity contribution in [1.82, 2.24) is 14.8 Å². The molecule has 188 valence electrons. The molecule has 3 heterocycles. The zero-order chi connectivity index (χ0) is 25.4. The smallest absolute Gasteiger partial charge is 0.251 e. The Morgan fingerprint density at radius 3 is 2.58 bits per heavy atom. The van der Waals surface area contributed by atoms with Crippen LogP contribution >= 0.6 is 11.3 Å². The number of aromatic nitrogens is 1. The van der Waals surface area contributed by atoms with Gasteiger partial charge in [0.1, 0.15) is 5.01 Å². The molecule has 3 aromatic rings. The number of hydrogen-bond donors (Lipinski definition) is 0. The lowest BCUT2D eigenvalue weighted by atomic mass is 9.95. The normalized spacial score (nSPS) is 20.9. The maximum atomic E-state index is 13.4. The number of piperidine rings is 1. The van der Waals surface area contributed by atoms with E-state index in [-0.39, 0.29) is 30.1 Å². The second-order valence-electron chi connectivity index (χ2n) is 9.67. The molecule has 0 radical (unpaired) electrons. The van der Waals surface area contributed by atoms with Crippen LogP contribution in [0, 0.1) is 12.8 Å². The third-order valence-electron chi connectivity index (χ3n) is 7.36. The minimum atomic E-state index is -0.503. The van der Waals surface area contributed by atoms with Crippen molar-refractivity contribution >= 4 is 45.0 Å². The fourth-order valence-corrected chi connectivity index (χ4v) is 6.43. The van der Waals surface area contributed by atoms with E-state index >= 15 is 0 Å². The fraction of sp³-hybridized carbons (Fsp3) is 0.429. The highest BCUT2D eigenvalue weighted by Crippen LogP contribution is 2.34. The number of carbonyl (C=O) groups is 3. The van der Waals surface area contributed by atoms with Gasteiger partial charge in [-0.1, -0.05) is 6.07 Å². The second kappa shape index (κ2) is 10.1. The Bertz CT molecular complexity index is 1300. The number of fused-ring (bicyclic) bond motifs is 1. The first-order valence-corrected chi connectivity index (χ1v) is 13.6. The maximum absolute atomic E-state index is 13.4. The average Bonchev–Trinajstić information content (AvgIpc) is 3.44. The minimum Gasteiger partial charge on any atom is -0.343 e. The van der Waals surface area contributed by atoms with Crippen molar-refractivity contribution in [2.24, 2.45) is 5.92 Å². The van der Waals surface area contributed by atoms with E-state index in [9.17, 15) is 14.4 Å². The van der Waals surface area contributed by atoms with E-state index in [4.69, 9.17) is 4.98 Å². The molecule has 0 unspecified atom stereocenters. The zero-order valence-corrected chi connectivity index (χ0v) is 21.9. The summed E-state index contributed by atoms with van der Waals surface area (Å²) in [6.45, 7) is 8.68. The van der Waals surface area contributed by atoms with E-state index in [1.807, 2.05) is 54.0 Å². The van der Waals surface area contributed by atoms with Gasteiger partial charge in [-0.25, -0.2) is 9.88 Å². The fourth-order valence-electron chi connectivity index (χ4n) is 5.37. The van der Waals surface area contributed by atoms with Gasteiger partial charge >= 0.3 is 0 Å². The third kappa shape index (κ3) is 4.55. The summed E-state index contributed by atoms with van der Waals surface area (Å²) in [7, 11) is 0. The van der Waals surface area contributed by atoms with Crippen molar-refractivity contribution in [1.29, 1.82) is 0 Å². The van der Waals surface area contributed by atoms with Crippen LogP contribution in [0.25, 0.3) is 20.8 Å². The Kier molecular flexibility index (Phi) is 6.90. The molecular weight excluding hydrogens is 472 g/mol. The molecule has 2 atom stereocenters. The molecule has 0 spiro atoms. The highest BCUT2D eigenvalue weighted by Gasteiger charge is 2.44. The number of nitrogens with zero attached hydrogens (tertiary/aromatic N) is 4. The Balaban J connectivity index is 1.31. The molecule has 0 aliphatic carbocycles. The molecule has 2 saturated heterocycles. The molecule has 1 aromatic heterocycles. The van der Waals surface area contributed by atoms with Crippen molar-refractivity contribution in [3.05, 3.63) is 48.0 Å². The van der Waals surface area contributed by atoms with Gasteiger partial charge in [0.05, 0.1) is 34.3 Å². The molecule has 2 aliphatic rings. The quantitative estimate of drug-likeness (QED) is 0.463. The number of likely N-dealkylation sites (tertiary alicyclic amines) is 1. The average molecular weight is 505 g/mol. The van der Waals surface area contributed by atoms with Gasteiger partial charge in [-0.3, -0.25) is 19.3 Å². The first kappa shape index (κ1) is 24.6. The summed E-state index contributed by atoms with van der Waals surface area (Å²) in [5.41, 5.74) is 3.71. The van der Waals surface area contributed by atoms with Crippen LogP contribution in [0.15, 0.2) is 42.5 Å². The Hall–Kier alpha value is -3.10. The van der Waals surface area contributed by atoms with Crippen LogP contribution in [0.3, 0.4) is 0 Å². The van der Waals surface area contributed by atoms with Crippen LogP contribution in [0.4, 0.5) is 5.69 Å². The predicted molar refractivity (Wildman–Crippen MR) is 143 cm³/mol. The molecule has 0 bridgehead atoms. The van der Waals surface area contributed by atoms with E-state index < -0.39 is 6.04 Å². The molecule has 36 heavy (non-hydrogen) atoms. The standard InChI is InChI=1S/C28H32N4O3S/c1-4-30(5-2)27(34)20-7-6-14-31(17-20)23-16-25(33)32(28(23)35)21-11-9-19(10-12-21)26-29-22-13-8-18(3)15-24(22)36-26/h8-13,15,20,23H,4-7,14,16-17H2,1-3H3/t20-,23-/m1/s1. The van der Waals surface area contributed by atoms with Crippen LogP contribution in [0.1, 0.15) is 38.7 Å². The lowest BCUT2D eigenvalue weighted by molar-refractivity contribution is -0.138. The number of hydrogen-bond acceptors (Lipinski definition) is 6. The highest BCUT2D eigenvalue weighted by atomic mass is 32.1. The van der Waals surface area contributed by atoms with Crippen molar-refractivity contribution in [3.8, 4) is 10.6 Å². The molecule has 3 amide bonds. The maximum Gasteiger partial charge on any atom is 0.251 e. The van der Waals surface area contributed by atoms with Gasteiger partial charge in [0.15, 0.2) is 0 Å². The molecule has 2 aliphatic heterocycles. The van der Waals surface area contributed by atoms with Crippen molar-refractivity contribution in [2.75, 3.05) is 31.1 Å². The number of benzene rings is 2. The van der Waals surface area contributed by atoms with Gasteiger partial charge in [-0.15, -0.1) is 11.3 Å². The molecular formula is C28H32N4O3S. The lowest BCUT2D eigenvalue weighted by Gasteiger charge is -2.36. The monoisotopic (exact) mass is 504 g/mol. The topological polar surface area (TPSA) is 73.8 Å². The molecule has 2 aromatic carbocycles. The van der Waals surface area contributed by atoms with Gasteiger partial charge in [-0.2, -0.15) is 0 Å². The molecule has 0 saturated carbocycles. The van der Waals surface area contributed by atoms with Gasteiger partial charge in [0.2, 0.25) is 11.8 Å². The lowest BCUT2D eigenvalue weighted by Crippen LogP contribution is -2.50. The molecule has 7 nitrogen and oxygen atoms in total. The SMILES string of the molecule is CCN(CC)C(=O)[C@@H]1CCCN([C@@H]2CC(=O)N(c3ccc(-c4nc5ccc(C)cc5s4)cc3)C2=O)C1. The highest BCUT2D eigenvalue weighted by molar-refractivity contribution is 7.21. The van der Waals surface area contributed by atoms with Crippen molar-refractivity contribution < 1.29 is 14.4 Å². The summed E-state index contributed by atoms with van der Waals surface area (Å²) in [4.78, 5) is 49.2. The Morgan fingerprint density at radius 1 is 1.11 bits per heavy atom. The van der Waals surface area contributed by atoms with Gasteiger partial charge in [0, 0.05) is 25.2 Å². The van der Waals surface area contributed by atoms with E-state index in [0.29, 0.717) is 25.3 Å². The summed E-state index contributed by atoms with van der Waals surface area (Å²) >= 11 is 1.63. The van der Waals surface area contributed by atoms with Crippen LogP contribution in [0.5, 0.6) is 0 Å². The van der Waals surface area contributed by atoms with Crippen LogP contribution < -0.4 is 4.90 Å². The van der Waals surface area contributed by atoms with Crippen molar-refractivity contribution in [2.45, 2.75) is 46.1 Å². The van der Waals surface area contributed by atoms with Crippen LogP contribution in [-0.2, 0) is 14.4 Å². The third-order valence-corrected chi connectivity index (χ3v) is 8.42. The van der Waals surface area contributed by atoms with E-state index in [1.54, 1.807) is 11.3 Å². The second-order valence-corrected chi connectivity index (χ2v) is 10.7. The van der Waals surface area contributed by atoms with Crippen LogP contribution in [0.2, 0.25) is 0 Å². The van der Waals surface area contributed by atoms with E-state index in [1.165, 1.54) is 10.5 Å². The van der Waals surface area contributed by atoms with Gasteiger partial charge in [-0.05, 0) is 82.1 Å².